The summed E-state index contributed by atoms with van der Waals surface area (Å²) >= 11 is 0. The maximum atomic E-state index is 10.5. The second-order valence-electron chi connectivity index (χ2n) is 4.55. The van der Waals surface area contributed by atoms with Crippen molar-refractivity contribution < 1.29 is 19.3 Å². The zero-order chi connectivity index (χ0) is 15.2. The fourth-order valence-corrected chi connectivity index (χ4v) is 2.09. The van der Waals surface area contributed by atoms with Crippen LogP contribution in [0.25, 0.3) is 0 Å². The first-order valence-electron chi connectivity index (χ1n) is 6.81. The maximum Gasteiger partial charge on any atom is 0.122 e. The second-order valence-corrected chi connectivity index (χ2v) is 4.55. The molecule has 2 aromatic carbocycles. The third-order valence-corrected chi connectivity index (χ3v) is 3.20. The molecule has 0 aliphatic carbocycles. The van der Waals surface area contributed by atoms with Gasteiger partial charge in [0.05, 0.1) is 20.8 Å². The van der Waals surface area contributed by atoms with Crippen LogP contribution < -0.4 is 14.2 Å². The van der Waals surface area contributed by atoms with E-state index in [1.54, 1.807) is 32.4 Å². The van der Waals surface area contributed by atoms with Crippen LogP contribution >= 0.6 is 0 Å². The van der Waals surface area contributed by atoms with Gasteiger partial charge in [-0.2, -0.15) is 0 Å². The van der Waals surface area contributed by atoms with Gasteiger partial charge in [0.2, 0.25) is 0 Å². The third-order valence-electron chi connectivity index (χ3n) is 3.20. The van der Waals surface area contributed by atoms with E-state index >= 15 is 0 Å². The molecule has 4 heteroatoms. The van der Waals surface area contributed by atoms with E-state index < -0.39 is 6.10 Å². The van der Waals surface area contributed by atoms with Crippen LogP contribution in [0.1, 0.15) is 24.2 Å². The van der Waals surface area contributed by atoms with E-state index in [0.29, 0.717) is 18.1 Å². The molecule has 0 heterocycles. The summed E-state index contributed by atoms with van der Waals surface area (Å²) in [6.07, 6.45) is -0.746. The molecule has 0 fully saturated rings. The normalized spacial score (nSPS) is 11.8. The van der Waals surface area contributed by atoms with Crippen molar-refractivity contribution in [2.45, 2.75) is 13.0 Å². The highest BCUT2D eigenvalue weighted by Crippen LogP contribution is 2.30. The Kier molecular flexibility index (Phi) is 5.06. The van der Waals surface area contributed by atoms with E-state index in [1.807, 2.05) is 31.2 Å². The van der Waals surface area contributed by atoms with Crippen molar-refractivity contribution in [2.24, 2.45) is 0 Å². The molecular formula is C17H20O4. The highest BCUT2D eigenvalue weighted by Gasteiger charge is 2.13. The number of methoxy groups -OCH3 is 2. The minimum Gasteiger partial charge on any atom is -0.497 e. The molecule has 21 heavy (non-hydrogen) atoms. The molecule has 4 nitrogen and oxygen atoms in total. The van der Waals surface area contributed by atoms with Crippen LogP contribution in [0, 0.1) is 0 Å². The van der Waals surface area contributed by atoms with Crippen molar-refractivity contribution in [1.29, 1.82) is 0 Å². The van der Waals surface area contributed by atoms with Crippen molar-refractivity contribution >= 4 is 0 Å². The summed E-state index contributed by atoms with van der Waals surface area (Å²) in [5.74, 6) is 2.08. The standard InChI is InChI=1S/C17H20O4/c1-4-21-14-7-5-12(6-8-14)17(18)13-9-15(19-2)11-16(10-13)20-3/h5-11,17-18H,4H2,1-3H3. The summed E-state index contributed by atoms with van der Waals surface area (Å²) in [5.41, 5.74) is 1.50. The van der Waals surface area contributed by atoms with Crippen LogP contribution in [0.15, 0.2) is 42.5 Å². The van der Waals surface area contributed by atoms with Crippen LogP contribution in [0.3, 0.4) is 0 Å². The monoisotopic (exact) mass is 288 g/mol. The first-order chi connectivity index (χ1) is 10.2. The van der Waals surface area contributed by atoms with Crippen LogP contribution in [0.4, 0.5) is 0 Å². The number of hydrogen-bond acceptors (Lipinski definition) is 4. The lowest BCUT2D eigenvalue weighted by Gasteiger charge is -2.15. The molecule has 112 valence electrons. The van der Waals surface area contributed by atoms with Crippen molar-refractivity contribution in [1.82, 2.24) is 0 Å². The predicted molar refractivity (Wildman–Crippen MR) is 81.2 cm³/mol. The molecule has 0 saturated carbocycles. The number of ether oxygens (including phenoxy) is 3. The van der Waals surface area contributed by atoms with E-state index in [0.717, 1.165) is 16.9 Å². The van der Waals surface area contributed by atoms with Gasteiger partial charge in [0.1, 0.15) is 23.4 Å². The van der Waals surface area contributed by atoms with E-state index in [9.17, 15) is 5.11 Å². The topological polar surface area (TPSA) is 47.9 Å². The maximum absolute atomic E-state index is 10.5. The fraction of sp³-hybridized carbons (Fsp3) is 0.294. The molecule has 1 atom stereocenters. The molecule has 0 aliphatic rings. The molecular weight excluding hydrogens is 268 g/mol. The Morgan fingerprint density at radius 1 is 0.857 bits per heavy atom. The van der Waals surface area contributed by atoms with Gasteiger partial charge in [-0.3, -0.25) is 0 Å². The largest absolute Gasteiger partial charge is 0.497 e. The average Bonchev–Trinajstić information content (AvgIpc) is 2.54. The Labute approximate surface area is 124 Å². The van der Waals surface area contributed by atoms with Gasteiger partial charge < -0.3 is 19.3 Å². The Morgan fingerprint density at radius 3 is 1.90 bits per heavy atom. The van der Waals surface area contributed by atoms with Gasteiger partial charge in [-0.1, -0.05) is 12.1 Å². The molecule has 0 aliphatic heterocycles. The van der Waals surface area contributed by atoms with Gasteiger partial charge in [0.25, 0.3) is 0 Å². The molecule has 0 radical (unpaired) electrons. The summed E-state index contributed by atoms with van der Waals surface area (Å²) in [6, 6.07) is 12.8. The Morgan fingerprint density at radius 2 is 1.43 bits per heavy atom. The smallest absolute Gasteiger partial charge is 0.122 e. The minimum absolute atomic E-state index is 0.620. The molecule has 1 N–H and O–H groups in total. The van der Waals surface area contributed by atoms with E-state index in [2.05, 4.69) is 0 Å². The van der Waals surface area contributed by atoms with Crippen molar-refractivity contribution in [3.8, 4) is 17.2 Å². The van der Waals surface area contributed by atoms with Gasteiger partial charge >= 0.3 is 0 Å². The first-order valence-corrected chi connectivity index (χ1v) is 6.81. The summed E-state index contributed by atoms with van der Waals surface area (Å²) in [5, 5.41) is 10.5. The Hall–Kier alpha value is -2.20. The molecule has 2 rings (SSSR count). The van der Waals surface area contributed by atoms with Gasteiger partial charge in [-0.05, 0) is 42.3 Å². The van der Waals surface area contributed by atoms with Gasteiger partial charge in [0, 0.05) is 6.07 Å². The van der Waals surface area contributed by atoms with Crippen LogP contribution in [-0.4, -0.2) is 25.9 Å². The first kappa shape index (κ1) is 15.2. The molecule has 1 unspecified atom stereocenters. The molecule has 0 amide bonds. The highest BCUT2D eigenvalue weighted by molar-refractivity contribution is 5.42. The summed E-state index contributed by atoms with van der Waals surface area (Å²) in [4.78, 5) is 0. The van der Waals surface area contributed by atoms with Crippen LogP contribution in [0.2, 0.25) is 0 Å². The molecule has 0 saturated heterocycles. The van der Waals surface area contributed by atoms with E-state index in [1.165, 1.54) is 0 Å². The van der Waals surface area contributed by atoms with Gasteiger partial charge in [-0.25, -0.2) is 0 Å². The third kappa shape index (κ3) is 3.67. The lowest BCUT2D eigenvalue weighted by atomic mass is 10.0. The number of aliphatic hydroxyl groups excluding tert-OH is 1. The van der Waals surface area contributed by atoms with Crippen molar-refractivity contribution in [3.63, 3.8) is 0 Å². The zero-order valence-corrected chi connectivity index (χ0v) is 12.5. The van der Waals surface area contributed by atoms with E-state index in [4.69, 9.17) is 14.2 Å². The summed E-state index contributed by atoms with van der Waals surface area (Å²) in [6.45, 7) is 2.56. The van der Waals surface area contributed by atoms with Crippen molar-refractivity contribution in [3.05, 3.63) is 53.6 Å². The second kappa shape index (κ2) is 6.99. The summed E-state index contributed by atoms with van der Waals surface area (Å²) in [7, 11) is 3.17. The van der Waals surface area contributed by atoms with Gasteiger partial charge in [0.15, 0.2) is 0 Å². The fourth-order valence-electron chi connectivity index (χ4n) is 2.09. The van der Waals surface area contributed by atoms with E-state index in [-0.39, 0.29) is 0 Å². The average molecular weight is 288 g/mol. The number of hydrogen-bond donors (Lipinski definition) is 1. The van der Waals surface area contributed by atoms with Crippen LogP contribution in [0.5, 0.6) is 17.2 Å². The lowest BCUT2D eigenvalue weighted by molar-refractivity contribution is 0.219. The van der Waals surface area contributed by atoms with Crippen molar-refractivity contribution in [2.75, 3.05) is 20.8 Å². The Bertz CT molecular complexity index is 556. The minimum atomic E-state index is -0.746. The number of aliphatic hydroxyl groups is 1. The number of rotatable bonds is 6. The molecule has 0 spiro atoms. The quantitative estimate of drug-likeness (QED) is 0.887. The Balaban J connectivity index is 2.28. The summed E-state index contributed by atoms with van der Waals surface area (Å²) < 4.78 is 15.8. The van der Waals surface area contributed by atoms with Gasteiger partial charge in [-0.15, -0.1) is 0 Å². The number of benzene rings is 2. The predicted octanol–water partition coefficient (Wildman–Crippen LogP) is 3.18. The molecule has 2 aromatic rings. The highest BCUT2D eigenvalue weighted by atomic mass is 16.5. The van der Waals surface area contributed by atoms with Crippen LogP contribution in [-0.2, 0) is 0 Å². The molecule has 0 aromatic heterocycles. The molecule has 0 bridgehead atoms. The zero-order valence-electron chi connectivity index (χ0n) is 12.5. The lowest BCUT2D eigenvalue weighted by Crippen LogP contribution is -2.01. The SMILES string of the molecule is CCOc1ccc(C(O)c2cc(OC)cc(OC)c2)cc1.